The summed E-state index contributed by atoms with van der Waals surface area (Å²) in [5.41, 5.74) is 4.04. The molecule has 0 fully saturated rings. The minimum atomic E-state index is -0.244. The Kier molecular flexibility index (Phi) is 3.77. The molecule has 3 rings (SSSR count). The smallest absolute Gasteiger partial charge is 0.248 e. The van der Waals surface area contributed by atoms with E-state index >= 15 is 0 Å². The van der Waals surface area contributed by atoms with Crippen LogP contribution in [0.15, 0.2) is 17.8 Å². The second-order valence-electron chi connectivity index (χ2n) is 5.55. The van der Waals surface area contributed by atoms with Crippen LogP contribution in [0.5, 0.6) is 0 Å². The van der Waals surface area contributed by atoms with E-state index in [1.165, 1.54) is 4.88 Å². The van der Waals surface area contributed by atoms with Crippen LogP contribution >= 0.6 is 11.3 Å². The van der Waals surface area contributed by atoms with Gasteiger partial charge in [0.05, 0.1) is 16.9 Å². The fourth-order valence-electron chi connectivity index (χ4n) is 2.65. The Morgan fingerprint density at radius 3 is 3.00 bits per heavy atom. The maximum atomic E-state index is 12.4. The van der Waals surface area contributed by atoms with Gasteiger partial charge in [0.15, 0.2) is 0 Å². The van der Waals surface area contributed by atoms with E-state index in [-0.39, 0.29) is 11.9 Å². The Balaban J connectivity index is 1.83. The summed E-state index contributed by atoms with van der Waals surface area (Å²) >= 11 is 1.67. The van der Waals surface area contributed by atoms with Crippen molar-refractivity contribution in [2.24, 2.45) is 0 Å². The summed E-state index contributed by atoms with van der Waals surface area (Å²) in [7, 11) is 3.58. The molecule has 1 atom stereocenters. The van der Waals surface area contributed by atoms with Gasteiger partial charge in [-0.05, 0) is 13.0 Å². The van der Waals surface area contributed by atoms with E-state index in [9.17, 15) is 4.79 Å². The van der Waals surface area contributed by atoms with E-state index in [2.05, 4.69) is 15.0 Å². The molecule has 7 heteroatoms. The van der Waals surface area contributed by atoms with Crippen molar-refractivity contribution in [2.45, 2.75) is 26.1 Å². The molecule has 0 unspecified atom stereocenters. The van der Waals surface area contributed by atoms with Gasteiger partial charge in [-0.1, -0.05) is 0 Å². The molecule has 112 valence electrons. The highest BCUT2D eigenvalue weighted by molar-refractivity contribution is 7.09. The van der Waals surface area contributed by atoms with Crippen LogP contribution in [-0.4, -0.2) is 51.1 Å². The van der Waals surface area contributed by atoms with Crippen molar-refractivity contribution in [2.75, 3.05) is 20.6 Å². The Labute approximate surface area is 128 Å². The topological polar surface area (TPSA) is 54.3 Å². The van der Waals surface area contributed by atoms with Gasteiger partial charge in [-0.2, -0.15) is 5.10 Å². The first-order valence-corrected chi connectivity index (χ1v) is 7.79. The summed E-state index contributed by atoms with van der Waals surface area (Å²) in [6.07, 6.45) is 1.77. The second-order valence-corrected chi connectivity index (χ2v) is 6.49. The Bertz CT molecular complexity index is 647. The first-order chi connectivity index (χ1) is 10.1. The van der Waals surface area contributed by atoms with Gasteiger partial charge in [-0.15, -0.1) is 11.3 Å². The van der Waals surface area contributed by atoms with Crippen LogP contribution in [-0.2, 0) is 17.9 Å². The minimum absolute atomic E-state index is 0.0886. The first-order valence-electron chi connectivity index (χ1n) is 6.91. The van der Waals surface area contributed by atoms with Gasteiger partial charge in [-0.3, -0.25) is 14.4 Å². The number of fused-ring (bicyclic) bond motifs is 1. The van der Waals surface area contributed by atoms with Crippen LogP contribution < -0.4 is 0 Å². The number of aromatic nitrogens is 3. The molecule has 0 N–H and O–H groups in total. The molecule has 0 radical (unpaired) electrons. The van der Waals surface area contributed by atoms with Gasteiger partial charge in [-0.25, -0.2) is 4.98 Å². The van der Waals surface area contributed by atoms with Crippen LogP contribution in [0.4, 0.5) is 0 Å². The second kappa shape index (κ2) is 5.57. The highest BCUT2D eigenvalue weighted by Gasteiger charge is 2.32. The molecule has 2 aromatic heterocycles. The van der Waals surface area contributed by atoms with Crippen molar-refractivity contribution in [1.82, 2.24) is 24.6 Å². The molecule has 3 heterocycles. The SMILES string of the molecule is Cc1ncsc1CN1Cc2ccnn2[C@@H](C(=O)N(C)C)C1. The van der Waals surface area contributed by atoms with Crippen molar-refractivity contribution < 1.29 is 4.79 Å². The molecule has 1 aliphatic rings. The Morgan fingerprint density at radius 1 is 1.52 bits per heavy atom. The lowest BCUT2D eigenvalue weighted by Crippen LogP contribution is -2.44. The van der Waals surface area contributed by atoms with Crippen LogP contribution in [0, 0.1) is 6.92 Å². The molecule has 0 aromatic carbocycles. The molecule has 0 bridgehead atoms. The van der Waals surface area contributed by atoms with Gasteiger partial charge in [0.25, 0.3) is 0 Å². The third-order valence-corrected chi connectivity index (χ3v) is 4.72. The number of carbonyl (C=O) groups is 1. The summed E-state index contributed by atoms with van der Waals surface area (Å²) in [5, 5.41) is 4.32. The molecule has 0 spiro atoms. The van der Waals surface area contributed by atoms with Crippen LogP contribution in [0.3, 0.4) is 0 Å². The van der Waals surface area contributed by atoms with E-state index in [1.807, 2.05) is 23.2 Å². The molecular weight excluding hydrogens is 286 g/mol. The zero-order valence-corrected chi connectivity index (χ0v) is 13.3. The van der Waals surface area contributed by atoms with E-state index in [1.54, 1.807) is 36.5 Å². The monoisotopic (exact) mass is 305 g/mol. The number of nitrogens with zero attached hydrogens (tertiary/aromatic N) is 5. The lowest BCUT2D eigenvalue weighted by atomic mass is 10.1. The molecule has 2 aromatic rings. The maximum absolute atomic E-state index is 12.4. The highest BCUT2D eigenvalue weighted by atomic mass is 32.1. The zero-order chi connectivity index (χ0) is 15.0. The van der Waals surface area contributed by atoms with E-state index in [0.29, 0.717) is 6.54 Å². The predicted molar refractivity (Wildman–Crippen MR) is 80.9 cm³/mol. The molecule has 0 saturated carbocycles. The van der Waals surface area contributed by atoms with Crippen molar-refractivity contribution in [3.05, 3.63) is 34.0 Å². The Hall–Kier alpha value is -1.73. The van der Waals surface area contributed by atoms with Gasteiger partial charge >= 0.3 is 0 Å². The lowest BCUT2D eigenvalue weighted by molar-refractivity contribution is -0.134. The predicted octanol–water partition coefficient (Wildman–Crippen LogP) is 1.29. The average molecular weight is 305 g/mol. The fourth-order valence-corrected chi connectivity index (χ4v) is 3.46. The maximum Gasteiger partial charge on any atom is 0.248 e. The summed E-state index contributed by atoms with van der Waals surface area (Å²) < 4.78 is 1.86. The number of hydrogen-bond donors (Lipinski definition) is 0. The lowest BCUT2D eigenvalue weighted by Gasteiger charge is -2.34. The van der Waals surface area contributed by atoms with Crippen LogP contribution in [0.25, 0.3) is 0 Å². The number of carbonyl (C=O) groups excluding carboxylic acids is 1. The van der Waals surface area contributed by atoms with Gasteiger partial charge in [0, 0.05) is 44.8 Å². The van der Waals surface area contributed by atoms with Crippen molar-refractivity contribution in [3.8, 4) is 0 Å². The molecule has 1 amide bonds. The number of thiazole rings is 1. The van der Waals surface area contributed by atoms with Crippen molar-refractivity contribution in [1.29, 1.82) is 0 Å². The molecule has 21 heavy (non-hydrogen) atoms. The number of likely N-dealkylation sites (N-methyl/N-ethyl adjacent to an activating group) is 1. The summed E-state index contributed by atoms with van der Waals surface area (Å²) in [6, 6.07) is 1.74. The summed E-state index contributed by atoms with van der Waals surface area (Å²) in [6.45, 7) is 4.36. The standard InChI is InChI=1S/C14H19N5OS/c1-10-13(21-9-15-10)8-18-6-11-4-5-16-19(11)12(7-18)14(20)17(2)3/h4-5,9,12H,6-8H2,1-3H3/t12-/m1/s1. The van der Waals surface area contributed by atoms with E-state index in [4.69, 9.17) is 0 Å². The third-order valence-electron chi connectivity index (χ3n) is 3.80. The minimum Gasteiger partial charge on any atom is -0.347 e. The average Bonchev–Trinajstić information content (AvgIpc) is 3.06. The number of hydrogen-bond acceptors (Lipinski definition) is 5. The normalized spacial score (nSPS) is 18.5. The molecular formula is C14H19N5OS. The van der Waals surface area contributed by atoms with Gasteiger partial charge in [0.2, 0.25) is 5.91 Å². The number of amides is 1. The van der Waals surface area contributed by atoms with Crippen LogP contribution in [0.1, 0.15) is 22.3 Å². The largest absolute Gasteiger partial charge is 0.347 e. The highest BCUT2D eigenvalue weighted by Crippen LogP contribution is 2.25. The van der Waals surface area contributed by atoms with Crippen molar-refractivity contribution >= 4 is 17.2 Å². The Morgan fingerprint density at radius 2 is 2.33 bits per heavy atom. The number of rotatable bonds is 3. The van der Waals surface area contributed by atoms with Gasteiger partial charge < -0.3 is 4.90 Å². The fraction of sp³-hybridized carbons (Fsp3) is 0.500. The zero-order valence-electron chi connectivity index (χ0n) is 12.5. The van der Waals surface area contributed by atoms with Gasteiger partial charge in [0.1, 0.15) is 6.04 Å². The molecule has 0 aliphatic carbocycles. The van der Waals surface area contributed by atoms with Crippen molar-refractivity contribution in [3.63, 3.8) is 0 Å². The molecule has 6 nitrogen and oxygen atoms in total. The quantitative estimate of drug-likeness (QED) is 0.857. The summed E-state index contributed by atoms with van der Waals surface area (Å²) in [5.74, 6) is 0.0886. The molecule has 1 aliphatic heterocycles. The van der Waals surface area contributed by atoms with E-state index in [0.717, 1.165) is 24.5 Å². The number of aryl methyl sites for hydroxylation is 1. The summed E-state index contributed by atoms with van der Waals surface area (Å²) in [4.78, 5) is 21.9. The third kappa shape index (κ3) is 2.71. The molecule has 0 saturated heterocycles. The first kappa shape index (κ1) is 14.2. The van der Waals surface area contributed by atoms with Crippen LogP contribution in [0.2, 0.25) is 0 Å². The van der Waals surface area contributed by atoms with E-state index < -0.39 is 0 Å².